The van der Waals surface area contributed by atoms with Crippen LogP contribution in [0, 0.1) is 0 Å². The van der Waals surface area contributed by atoms with E-state index in [-0.39, 0.29) is 24.0 Å². The van der Waals surface area contributed by atoms with Gasteiger partial charge in [-0.05, 0) is 18.7 Å². The molecular weight excluding hydrogens is 457 g/mol. The highest BCUT2D eigenvalue weighted by atomic mass is 127. The normalized spacial score (nSPS) is 16.2. The van der Waals surface area contributed by atoms with Gasteiger partial charge in [0.25, 0.3) is 0 Å². The van der Waals surface area contributed by atoms with Crippen LogP contribution in [0.2, 0.25) is 0 Å². The molecule has 1 aromatic rings. The maximum atomic E-state index is 4.70. The molecule has 0 unspecified atom stereocenters. The fourth-order valence-electron chi connectivity index (χ4n) is 2.93. The zero-order valence-corrected chi connectivity index (χ0v) is 19.3. The molecule has 5 nitrogen and oxygen atoms in total. The van der Waals surface area contributed by atoms with Gasteiger partial charge in [-0.2, -0.15) is 11.8 Å². The van der Waals surface area contributed by atoms with Crippen LogP contribution in [0.1, 0.15) is 12.5 Å². The van der Waals surface area contributed by atoms with Gasteiger partial charge in [-0.15, -0.1) is 24.0 Å². The minimum atomic E-state index is 0. The predicted molar refractivity (Wildman–Crippen MR) is 126 cm³/mol. The number of thioether (sulfide) groups is 1. The van der Waals surface area contributed by atoms with E-state index in [0.29, 0.717) is 0 Å². The lowest BCUT2D eigenvalue weighted by Gasteiger charge is -2.34. The molecule has 1 aliphatic heterocycles. The lowest BCUT2D eigenvalue weighted by atomic mass is 10.2. The molecule has 1 heterocycles. The van der Waals surface area contributed by atoms with Crippen molar-refractivity contribution in [3.8, 4) is 0 Å². The Balaban J connectivity index is 0.00000338. The van der Waals surface area contributed by atoms with Crippen molar-refractivity contribution in [2.75, 3.05) is 64.4 Å². The minimum Gasteiger partial charge on any atom is -0.357 e. The first-order valence-electron chi connectivity index (χ1n) is 9.31. The number of halogens is 1. The minimum absolute atomic E-state index is 0. The number of guanidine groups is 1. The molecule has 1 aliphatic rings. The van der Waals surface area contributed by atoms with Crippen molar-refractivity contribution in [2.45, 2.75) is 13.5 Å². The smallest absolute Gasteiger partial charge is 0.191 e. The van der Waals surface area contributed by atoms with Crippen LogP contribution in [-0.2, 0) is 6.54 Å². The number of benzene rings is 1. The summed E-state index contributed by atoms with van der Waals surface area (Å²) >= 11 is 1.85. The summed E-state index contributed by atoms with van der Waals surface area (Å²) in [6.07, 6.45) is 2.13. The van der Waals surface area contributed by atoms with E-state index < -0.39 is 0 Å². The predicted octanol–water partition coefficient (Wildman–Crippen LogP) is 2.34. The molecule has 1 fully saturated rings. The molecule has 0 bridgehead atoms. The van der Waals surface area contributed by atoms with Crippen molar-refractivity contribution in [3.05, 3.63) is 35.9 Å². The molecule has 0 saturated carbocycles. The molecule has 1 aromatic carbocycles. The molecular formula is C19H34IN5S. The van der Waals surface area contributed by atoms with Crippen molar-refractivity contribution in [2.24, 2.45) is 4.99 Å². The van der Waals surface area contributed by atoms with E-state index >= 15 is 0 Å². The van der Waals surface area contributed by atoms with Gasteiger partial charge in [-0.25, -0.2) is 0 Å². The van der Waals surface area contributed by atoms with Gasteiger partial charge in [-0.3, -0.25) is 14.8 Å². The van der Waals surface area contributed by atoms with Crippen LogP contribution in [0.3, 0.4) is 0 Å². The number of nitrogens with zero attached hydrogens (tertiary/aromatic N) is 3. The number of rotatable bonds is 9. The SMILES string of the molecule is CCNC(=NCCN1CCN(Cc2ccccc2)CC1)NCCSC.I. The number of hydrogen-bond donors (Lipinski definition) is 2. The van der Waals surface area contributed by atoms with Gasteiger partial charge in [0.15, 0.2) is 5.96 Å². The van der Waals surface area contributed by atoms with Crippen LogP contribution in [0.15, 0.2) is 35.3 Å². The topological polar surface area (TPSA) is 42.9 Å². The summed E-state index contributed by atoms with van der Waals surface area (Å²) in [4.78, 5) is 9.77. The van der Waals surface area contributed by atoms with Gasteiger partial charge in [-0.1, -0.05) is 30.3 Å². The summed E-state index contributed by atoms with van der Waals surface area (Å²) in [6.45, 7) is 11.5. The second-order valence-electron chi connectivity index (χ2n) is 6.28. The van der Waals surface area contributed by atoms with Crippen LogP contribution >= 0.6 is 35.7 Å². The van der Waals surface area contributed by atoms with E-state index in [2.05, 4.69) is 63.9 Å². The molecule has 0 atom stereocenters. The zero-order valence-electron chi connectivity index (χ0n) is 16.1. The molecule has 26 heavy (non-hydrogen) atoms. The third-order valence-corrected chi connectivity index (χ3v) is 4.96. The lowest BCUT2D eigenvalue weighted by molar-refractivity contribution is 0.130. The van der Waals surface area contributed by atoms with E-state index in [1.165, 1.54) is 5.56 Å². The largest absolute Gasteiger partial charge is 0.357 e. The van der Waals surface area contributed by atoms with Gasteiger partial charge in [0.1, 0.15) is 0 Å². The first-order valence-corrected chi connectivity index (χ1v) is 10.7. The van der Waals surface area contributed by atoms with Gasteiger partial charge >= 0.3 is 0 Å². The Labute approximate surface area is 180 Å². The van der Waals surface area contributed by atoms with Crippen LogP contribution in [0.4, 0.5) is 0 Å². The number of piperazine rings is 1. The average Bonchev–Trinajstić information content (AvgIpc) is 2.64. The Morgan fingerprint density at radius 1 is 1.08 bits per heavy atom. The maximum absolute atomic E-state index is 4.70. The lowest BCUT2D eigenvalue weighted by Crippen LogP contribution is -2.46. The van der Waals surface area contributed by atoms with Crippen molar-refractivity contribution in [3.63, 3.8) is 0 Å². The zero-order chi connectivity index (χ0) is 17.7. The standard InChI is InChI=1S/C19H33N5S.HI/c1-3-20-19(22-10-16-25-2)21-9-11-23-12-14-24(15-13-23)17-18-7-5-4-6-8-18;/h4-8H,3,9-17H2,1-2H3,(H2,20,21,22);1H. The third-order valence-electron chi connectivity index (χ3n) is 4.34. The summed E-state index contributed by atoms with van der Waals surface area (Å²) in [5.41, 5.74) is 1.41. The van der Waals surface area contributed by atoms with Crippen molar-refractivity contribution in [1.82, 2.24) is 20.4 Å². The molecule has 0 aromatic heterocycles. The second kappa shape index (κ2) is 14.5. The summed E-state index contributed by atoms with van der Waals surface area (Å²) in [5, 5.41) is 6.70. The van der Waals surface area contributed by atoms with E-state index in [1.807, 2.05) is 11.8 Å². The Hall–Kier alpha value is -0.510. The van der Waals surface area contributed by atoms with Crippen LogP contribution in [0.25, 0.3) is 0 Å². The Morgan fingerprint density at radius 3 is 2.42 bits per heavy atom. The average molecular weight is 491 g/mol. The van der Waals surface area contributed by atoms with Crippen LogP contribution in [-0.4, -0.2) is 80.1 Å². The fourth-order valence-corrected chi connectivity index (χ4v) is 3.24. The fraction of sp³-hybridized carbons (Fsp3) is 0.632. The van der Waals surface area contributed by atoms with Gasteiger partial charge in [0.2, 0.25) is 0 Å². The van der Waals surface area contributed by atoms with Gasteiger partial charge < -0.3 is 10.6 Å². The molecule has 0 radical (unpaired) electrons. The van der Waals surface area contributed by atoms with E-state index in [4.69, 9.17) is 4.99 Å². The number of nitrogens with one attached hydrogen (secondary N) is 2. The van der Waals surface area contributed by atoms with E-state index in [9.17, 15) is 0 Å². The Bertz CT molecular complexity index is 492. The molecule has 0 spiro atoms. The van der Waals surface area contributed by atoms with Crippen molar-refractivity contribution < 1.29 is 0 Å². The van der Waals surface area contributed by atoms with Crippen LogP contribution < -0.4 is 10.6 Å². The van der Waals surface area contributed by atoms with E-state index in [1.54, 1.807) is 0 Å². The Kier molecular flexibility index (Phi) is 13.2. The molecule has 1 saturated heterocycles. The van der Waals surface area contributed by atoms with Crippen LogP contribution in [0.5, 0.6) is 0 Å². The second-order valence-corrected chi connectivity index (χ2v) is 7.27. The highest BCUT2D eigenvalue weighted by molar-refractivity contribution is 14.0. The highest BCUT2D eigenvalue weighted by Crippen LogP contribution is 2.08. The first-order chi connectivity index (χ1) is 12.3. The molecule has 2 N–H and O–H groups in total. The monoisotopic (exact) mass is 491 g/mol. The molecule has 0 aliphatic carbocycles. The maximum Gasteiger partial charge on any atom is 0.191 e. The van der Waals surface area contributed by atoms with Gasteiger partial charge in [0.05, 0.1) is 6.54 Å². The van der Waals surface area contributed by atoms with Gasteiger partial charge in [0, 0.05) is 58.1 Å². The van der Waals surface area contributed by atoms with E-state index in [0.717, 1.165) is 70.6 Å². The quantitative estimate of drug-likeness (QED) is 0.240. The first kappa shape index (κ1) is 23.5. The molecule has 7 heteroatoms. The third kappa shape index (κ3) is 9.43. The van der Waals surface area contributed by atoms with Crippen molar-refractivity contribution >= 4 is 41.7 Å². The number of aliphatic imine (C=N–C) groups is 1. The van der Waals surface area contributed by atoms with Crippen molar-refractivity contribution in [1.29, 1.82) is 0 Å². The number of hydrogen-bond acceptors (Lipinski definition) is 4. The Morgan fingerprint density at radius 2 is 1.77 bits per heavy atom. The summed E-state index contributed by atoms with van der Waals surface area (Å²) in [6, 6.07) is 10.8. The highest BCUT2D eigenvalue weighted by Gasteiger charge is 2.16. The summed E-state index contributed by atoms with van der Waals surface area (Å²) in [7, 11) is 0. The molecule has 148 valence electrons. The summed E-state index contributed by atoms with van der Waals surface area (Å²) < 4.78 is 0. The molecule has 2 rings (SSSR count). The summed E-state index contributed by atoms with van der Waals surface area (Å²) in [5.74, 6) is 2.05. The molecule has 0 amide bonds.